The average molecular weight is 294 g/mol. The normalized spacial score (nSPS) is 16.0. The summed E-state index contributed by atoms with van der Waals surface area (Å²) in [7, 11) is 1.67. The highest BCUT2D eigenvalue weighted by molar-refractivity contribution is 5.88. The fourth-order valence-electron chi connectivity index (χ4n) is 2.40. The van der Waals surface area contributed by atoms with Gasteiger partial charge in [0.1, 0.15) is 18.2 Å². The molecule has 22 heavy (non-hydrogen) atoms. The van der Waals surface area contributed by atoms with Crippen molar-refractivity contribution in [1.29, 1.82) is 0 Å². The molecule has 1 aliphatic rings. The van der Waals surface area contributed by atoms with Crippen molar-refractivity contribution < 1.29 is 9.84 Å². The van der Waals surface area contributed by atoms with Crippen LogP contribution in [0.5, 0.6) is 11.5 Å². The van der Waals surface area contributed by atoms with E-state index in [1.165, 1.54) is 0 Å². The molecular weight excluding hydrogens is 276 g/mol. The van der Waals surface area contributed by atoms with Crippen LogP contribution in [0.3, 0.4) is 0 Å². The van der Waals surface area contributed by atoms with Gasteiger partial charge in [-0.3, -0.25) is 4.99 Å². The first kappa shape index (κ1) is 14.2. The maximum atomic E-state index is 9.33. The standard InChI is InChI=1S/C18H18N2O2/c1-22-18-8-4-16(5-9-18)20-12-15(11-19-13-20)10-14-2-6-17(21)7-3-14/h2-11,21H,12-13H2,1H3/b15-10-. The number of hydrogen-bond acceptors (Lipinski definition) is 4. The van der Waals surface area contributed by atoms with Crippen molar-refractivity contribution in [1.82, 2.24) is 0 Å². The van der Waals surface area contributed by atoms with E-state index >= 15 is 0 Å². The third kappa shape index (κ3) is 3.28. The van der Waals surface area contributed by atoms with Crippen molar-refractivity contribution in [2.45, 2.75) is 0 Å². The summed E-state index contributed by atoms with van der Waals surface area (Å²) in [5.74, 6) is 1.13. The van der Waals surface area contributed by atoms with Crippen molar-refractivity contribution in [2.75, 3.05) is 25.2 Å². The van der Waals surface area contributed by atoms with Gasteiger partial charge in [-0.2, -0.15) is 0 Å². The first-order chi connectivity index (χ1) is 10.7. The summed E-state index contributed by atoms with van der Waals surface area (Å²) in [5.41, 5.74) is 3.30. The van der Waals surface area contributed by atoms with E-state index in [1.807, 2.05) is 42.6 Å². The number of anilines is 1. The third-order valence-electron chi connectivity index (χ3n) is 3.57. The predicted molar refractivity (Wildman–Crippen MR) is 89.8 cm³/mol. The van der Waals surface area contributed by atoms with E-state index in [-0.39, 0.29) is 5.75 Å². The van der Waals surface area contributed by atoms with Gasteiger partial charge in [0.2, 0.25) is 0 Å². The van der Waals surface area contributed by atoms with Gasteiger partial charge in [-0.25, -0.2) is 0 Å². The molecule has 0 unspecified atom stereocenters. The van der Waals surface area contributed by atoms with Crippen LogP contribution in [0.4, 0.5) is 5.69 Å². The number of rotatable bonds is 3. The Balaban J connectivity index is 1.77. The maximum Gasteiger partial charge on any atom is 0.119 e. The quantitative estimate of drug-likeness (QED) is 0.944. The van der Waals surface area contributed by atoms with E-state index in [4.69, 9.17) is 4.74 Å². The van der Waals surface area contributed by atoms with E-state index in [0.717, 1.165) is 29.1 Å². The summed E-state index contributed by atoms with van der Waals surface area (Å²) in [6.45, 7) is 1.45. The molecule has 3 rings (SSSR count). The Hall–Kier alpha value is -2.75. The average Bonchev–Trinajstić information content (AvgIpc) is 2.57. The van der Waals surface area contributed by atoms with Crippen LogP contribution in [0.2, 0.25) is 0 Å². The fraction of sp³-hybridized carbons (Fsp3) is 0.167. The van der Waals surface area contributed by atoms with Crippen LogP contribution >= 0.6 is 0 Å². The number of phenolic OH excluding ortho intramolecular Hbond substituents is 1. The van der Waals surface area contributed by atoms with Crippen LogP contribution in [-0.2, 0) is 0 Å². The predicted octanol–water partition coefficient (Wildman–Crippen LogP) is 3.33. The van der Waals surface area contributed by atoms with Gasteiger partial charge >= 0.3 is 0 Å². The molecule has 0 saturated heterocycles. The lowest BCUT2D eigenvalue weighted by Crippen LogP contribution is -2.29. The summed E-state index contributed by atoms with van der Waals surface area (Å²) in [6.07, 6.45) is 3.99. The molecule has 1 heterocycles. The molecule has 2 aromatic rings. The number of aromatic hydroxyl groups is 1. The highest BCUT2D eigenvalue weighted by atomic mass is 16.5. The van der Waals surface area contributed by atoms with Crippen LogP contribution in [-0.4, -0.2) is 31.6 Å². The Morgan fingerprint density at radius 1 is 1.09 bits per heavy atom. The van der Waals surface area contributed by atoms with E-state index in [2.05, 4.69) is 16.0 Å². The Labute approximate surface area is 130 Å². The molecule has 0 aromatic heterocycles. The zero-order valence-corrected chi connectivity index (χ0v) is 12.4. The van der Waals surface area contributed by atoms with Gasteiger partial charge < -0.3 is 14.7 Å². The molecule has 0 atom stereocenters. The lowest BCUT2D eigenvalue weighted by Gasteiger charge is -2.26. The van der Waals surface area contributed by atoms with Gasteiger partial charge in [-0.1, -0.05) is 12.1 Å². The summed E-state index contributed by atoms with van der Waals surface area (Å²) < 4.78 is 5.19. The van der Waals surface area contributed by atoms with Gasteiger partial charge in [0.15, 0.2) is 0 Å². The molecule has 0 saturated carbocycles. The number of phenols is 1. The molecule has 2 aromatic carbocycles. The van der Waals surface area contributed by atoms with Gasteiger partial charge in [0.25, 0.3) is 0 Å². The van der Waals surface area contributed by atoms with Crippen molar-refractivity contribution >= 4 is 18.0 Å². The minimum Gasteiger partial charge on any atom is -0.508 e. The third-order valence-corrected chi connectivity index (χ3v) is 3.57. The van der Waals surface area contributed by atoms with Crippen molar-refractivity contribution in [3.8, 4) is 11.5 Å². The second kappa shape index (κ2) is 6.35. The molecule has 4 heteroatoms. The second-order valence-corrected chi connectivity index (χ2v) is 5.16. The molecule has 0 radical (unpaired) electrons. The highest BCUT2D eigenvalue weighted by Gasteiger charge is 2.11. The minimum atomic E-state index is 0.277. The van der Waals surface area contributed by atoms with Crippen LogP contribution in [0.1, 0.15) is 5.56 Å². The van der Waals surface area contributed by atoms with Gasteiger partial charge in [0.05, 0.1) is 7.11 Å². The van der Waals surface area contributed by atoms with Gasteiger partial charge in [0, 0.05) is 18.4 Å². The Kier molecular flexibility index (Phi) is 4.10. The van der Waals surface area contributed by atoms with Crippen LogP contribution in [0.15, 0.2) is 59.1 Å². The van der Waals surface area contributed by atoms with E-state index in [0.29, 0.717) is 6.67 Å². The number of nitrogens with zero attached hydrogens (tertiary/aromatic N) is 2. The monoisotopic (exact) mass is 294 g/mol. The summed E-state index contributed by atoms with van der Waals surface area (Å²) in [6, 6.07) is 15.1. The summed E-state index contributed by atoms with van der Waals surface area (Å²) in [5, 5.41) is 9.33. The molecule has 112 valence electrons. The molecule has 0 aliphatic carbocycles. The molecule has 1 aliphatic heterocycles. The SMILES string of the molecule is COc1ccc(N2CN=C/C(=C/c3ccc(O)cc3)C2)cc1. The van der Waals surface area contributed by atoms with E-state index in [9.17, 15) is 5.11 Å². The van der Waals surface area contributed by atoms with E-state index in [1.54, 1.807) is 19.2 Å². The fourth-order valence-corrected chi connectivity index (χ4v) is 2.40. The largest absolute Gasteiger partial charge is 0.508 e. The van der Waals surface area contributed by atoms with Gasteiger partial charge in [-0.05, 0) is 53.6 Å². The number of methoxy groups -OCH3 is 1. The Morgan fingerprint density at radius 2 is 1.82 bits per heavy atom. The highest BCUT2D eigenvalue weighted by Crippen LogP contribution is 2.22. The summed E-state index contributed by atoms with van der Waals surface area (Å²) in [4.78, 5) is 6.62. The molecule has 4 nitrogen and oxygen atoms in total. The molecule has 1 N–H and O–H groups in total. The summed E-state index contributed by atoms with van der Waals surface area (Å²) >= 11 is 0. The Morgan fingerprint density at radius 3 is 2.50 bits per heavy atom. The molecule has 0 spiro atoms. The molecule has 0 fully saturated rings. The minimum absolute atomic E-state index is 0.277. The topological polar surface area (TPSA) is 45.1 Å². The number of hydrogen-bond donors (Lipinski definition) is 1. The first-order valence-electron chi connectivity index (χ1n) is 7.13. The number of ether oxygens (including phenoxy) is 1. The van der Waals surface area contributed by atoms with Gasteiger partial charge in [-0.15, -0.1) is 0 Å². The molecule has 0 amide bonds. The molecule has 0 bridgehead atoms. The number of benzene rings is 2. The lowest BCUT2D eigenvalue weighted by molar-refractivity contribution is 0.415. The van der Waals surface area contributed by atoms with Crippen LogP contribution in [0, 0.1) is 0 Å². The van der Waals surface area contributed by atoms with Crippen molar-refractivity contribution in [2.24, 2.45) is 4.99 Å². The van der Waals surface area contributed by atoms with Crippen molar-refractivity contribution in [3.05, 3.63) is 59.7 Å². The zero-order valence-electron chi connectivity index (χ0n) is 12.4. The van der Waals surface area contributed by atoms with E-state index < -0.39 is 0 Å². The van der Waals surface area contributed by atoms with Crippen LogP contribution in [0.25, 0.3) is 6.08 Å². The second-order valence-electron chi connectivity index (χ2n) is 5.16. The smallest absolute Gasteiger partial charge is 0.119 e. The first-order valence-corrected chi connectivity index (χ1v) is 7.13. The Bertz CT molecular complexity index is 688. The lowest BCUT2D eigenvalue weighted by atomic mass is 10.1. The molecular formula is C18H18N2O2. The maximum absolute atomic E-state index is 9.33. The zero-order chi connectivity index (χ0) is 15.4. The van der Waals surface area contributed by atoms with Crippen molar-refractivity contribution in [3.63, 3.8) is 0 Å². The number of aliphatic imine (C=N–C) groups is 1. The van der Waals surface area contributed by atoms with Crippen LogP contribution < -0.4 is 9.64 Å².